The molecule has 0 atom stereocenters. The highest BCUT2D eigenvalue weighted by molar-refractivity contribution is 7.11. The van der Waals surface area contributed by atoms with E-state index < -0.39 is 0 Å². The van der Waals surface area contributed by atoms with Crippen molar-refractivity contribution in [3.63, 3.8) is 0 Å². The Kier molecular flexibility index (Phi) is 6.87. The first-order valence-electron chi connectivity index (χ1n) is 7.79. The van der Waals surface area contributed by atoms with Crippen LogP contribution in [0.5, 0.6) is 11.5 Å². The van der Waals surface area contributed by atoms with Gasteiger partial charge >= 0.3 is 0 Å². The Hall–Kier alpha value is -2.28. The average Bonchev–Trinajstić information content (AvgIpc) is 3.09. The quantitative estimate of drug-likeness (QED) is 0.595. The summed E-state index contributed by atoms with van der Waals surface area (Å²) in [5.41, 5.74) is 1.00. The molecule has 130 valence electrons. The van der Waals surface area contributed by atoms with E-state index in [1.54, 1.807) is 32.6 Å². The maximum Gasteiger partial charge on any atom is 0.191 e. The van der Waals surface area contributed by atoms with Gasteiger partial charge in [-0.15, -0.1) is 11.3 Å². The minimum atomic E-state index is 0.581. The molecule has 0 bridgehead atoms. The zero-order valence-electron chi connectivity index (χ0n) is 14.5. The smallest absolute Gasteiger partial charge is 0.191 e. The molecule has 0 aliphatic carbocycles. The van der Waals surface area contributed by atoms with Gasteiger partial charge < -0.3 is 20.1 Å². The third kappa shape index (κ3) is 4.61. The molecule has 6 nitrogen and oxygen atoms in total. The number of ether oxygens (including phenoxy) is 2. The molecule has 0 unspecified atom stereocenters. The number of hydrogen-bond acceptors (Lipinski definition) is 5. The number of para-hydroxylation sites is 1. The van der Waals surface area contributed by atoms with Crippen LogP contribution in [0.1, 0.15) is 22.4 Å². The van der Waals surface area contributed by atoms with Gasteiger partial charge in [-0.1, -0.05) is 19.1 Å². The molecule has 0 aliphatic rings. The van der Waals surface area contributed by atoms with Gasteiger partial charge in [-0.2, -0.15) is 0 Å². The van der Waals surface area contributed by atoms with Crippen LogP contribution >= 0.6 is 11.3 Å². The predicted molar refractivity (Wildman–Crippen MR) is 98.1 cm³/mol. The van der Waals surface area contributed by atoms with Crippen molar-refractivity contribution in [1.82, 2.24) is 15.6 Å². The fourth-order valence-corrected chi connectivity index (χ4v) is 3.05. The molecule has 1 aromatic heterocycles. The minimum absolute atomic E-state index is 0.581. The van der Waals surface area contributed by atoms with Crippen molar-refractivity contribution >= 4 is 17.3 Å². The summed E-state index contributed by atoms with van der Waals surface area (Å²) in [6.07, 6.45) is 2.94. The van der Waals surface area contributed by atoms with Crippen molar-refractivity contribution in [2.45, 2.75) is 26.4 Å². The lowest BCUT2D eigenvalue weighted by atomic mass is 10.2. The number of rotatable bonds is 7. The molecule has 0 saturated heterocycles. The van der Waals surface area contributed by atoms with Crippen LogP contribution in [0.2, 0.25) is 0 Å². The van der Waals surface area contributed by atoms with Gasteiger partial charge in [0.15, 0.2) is 17.5 Å². The normalized spacial score (nSPS) is 11.2. The van der Waals surface area contributed by atoms with Crippen molar-refractivity contribution in [2.75, 3.05) is 21.3 Å². The molecule has 0 fully saturated rings. The van der Waals surface area contributed by atoms with Crippen LogP contribution < -0.4 is 20.1 Å². The number of nitrogens with one attached hydrogen (secondary N) is 2. The second-order valence-electron chi connectivity index (χ2n) is 5.01. The van der Waals surface area contributed by atoms with Crippen molar-refractivity contribution < 1.29 is 9.47 Å². The van der Waals surface area contributed by atoms with Gasteiger partial charge in [0.2, 0.25) is 0 Å². The molecule has 2 aromatic rings. The number of hydrogen-bond donors (Lipinski definition) is 2. The van der Waals surface area contributed by atoms with Crippen LogP contribution in [-0.2, 0) is 19.5 Å². The Morgan fingerprint density at radius 1 is 1.21 bits per heavy atom. The number of methoxy groups -OCH3 is 2. The summed E-state index contributed by atoms with van der Waals surface area (Å²) in [6.45, 7) is 3.37. The van der Waals surface area contributed by atoms with E-state index in [9.17, 15) is 0 Å². The van der Waals surface area contributed by atoms with Crippen molar-refractivity contribution in [3.8, 4) is 11.5 Å². The molecule has 0 amide bonds. The van der Waals surface area contributed by atoms with Crippen molar-refractivity contribution in [3.05, 3.63) is 39.8 Å². The average molecular weight is 348 g/mol. The molecule has 2 rings (SSSR count). The van der Waals surface area contributed by atoms with Crippen LogP contribution in [0.25, 0.3) is 0 Å². The summed E-state index contributed by atoms with van der Waals surface area (Å²) in [5, 5.41) is 7.61. The van der Waals surface area contributed by atoms with E-state index in [2.05, 4.69) is 27.5 Å². The van der Waals surface area contributed by atoms with Crippen LogP contribution in [-0.4, -0.2) is 32.2 Å². The van der Waals surface area contributed by atoms with E-state index in [1.165, 1.54) is 4.88 Å². The molecule has 1 aromatic carbocycles. The fraction of sp³-hybridized carbons (Fsp3) is 0.412. The lowest BCUT2D eigenvalue weighted by Crippen LogP contribution is -2.36. The molecule has 7 heteroatoms. The number of aliphatic imine (C=N–C) groups is 1. The first-order chi connectivity index (χ1) is 11.7. The Labute approximate surface area is 146 Å². The number of nitrogens with zero attached hydrogens (tertiary/aromatic N) is 2. The van der Waals surface area contributed by atoms with Gasteiger partial charge in [0.1, 0.15) is 5.01 Å². The van der Waals surface area contributed by atoms with E-state index >= 15 is 0 Å². The van der Waals surface area contributed by atoms with Gasteiger partial charge in [-0.05, 0) is 12.5 Å². The Balaban J connectivity index is 1.94. The minimum Gasteiger partial charge on any atom is -0.493 e. The van der Waals surface area contributed by atoms with Crippen LogP contribution in [0.4, 0.5) is 0 Å². The number of aryl methyl sites for hydroxylation is 1. The first kappa shape index (κ1) is 18.1. The standard InChI is InChI=1S/C17H24N4O2S/c1-5-13-10-19-15(24-13)11-21-17(18-2)20-9-12-7-6-8-14(22-3)16(12)23-4/h6-8,10H,5,9,11H2,1-4H3,(H2,18,20,21). The summed E-state index contributed by atoms with van der Waals surface area (Å²) in [4.78, 5) is 9.93. The third-order valence-electron chi connectivity index (χ3n) is 3.51. The first-order valence-corrected chi connectivity index (χ1v) is 8.61. The maximum atomic E-state index is 5.44. The van der Waals surface area contributed by atoms with E-state index in [-0.39, 0.29) is 0 Å². The van der Waals surface area contributed by atoms with Crippen molar-refractivity contribution in [1.29, 1.82) is 0 Å². The van der Waals surface area contributed by atoms with E-state index in [0.29, 0.717) is 19.0 Å². The summed E-state index contributed by atoms with van der Waals surface area (Å²) in [5.74, 6) is 2.17. The SMILES string of the molecule is CCc1cnc(CNC(=NC)NCc2cccc(OC)c2OC)s1. The summed E-state index contributed by atoms with van der Waals surface area (Å²) in [7, 11) is 5.02. The molecule has 0 radical (unpaired) electrons. The molecule has 0 spiro atoms. The molecule has 24 heavy (non-hydrogen) atoms. The predicted octanol–water partition coefficient (Wildman–Crippen LogP) is 2.59. The van der Waals surface area contributed by atoms with E-state index in [1.807, 2.05) is 24.4 Å². The van der Waals surface area contributed by atoms with Gasteiger partial charge in [0.25, 0.3) is 0 Å². The third-order valence-corrected chi connectivity index (χ3v) is 4.65. The van der Waals surface area contributed by atoms with Crippen LogP contribution in [0, 0.1) is 0 Å². The molecule has 0 aliphatic heterocycles. The zero-order chi connectivity index (χ0) is 17.4. The van der Waals surface area contributed by atoms with Gasteiger partial charge in [0.05, 0.1) is 20.8 Å². The van der Waals surface area contributed by atoms with E-state index in [0.717, 1.165) is 28.5 Å². The molecule has 2 N–H and O–H groups in total. The van der Waals surface area contributed by atoms with Gasteiger partial charge in [-0.25, -0.2) is 4.98 Å². The zero-order valence-corrected chi connectivity index (χ0v) is 15.4. The summed E-state index contributed by atoms with van der Waals surface area (Å²) >= 11 is 1.72. The molecule has 0 saturated carbocycles. The highest BCUT2D eigenvalue weighted by Crippen LogP contribution is 2.30. The lowest BCUT2D eigenvalue weighted by molar-refractivity contribution is 0.351. The molecular weight excluding hydrogens is 324 g/mol. The van der Waals surface area contributed by atoms with Gasteiger partial charge in [0, 0.05) is 30.2 Å². The Bertz CT molecular complexity index is 685. The number of aromatic nitrogens is 1. The van der Waals surface area contributed by atoms with Crippen LogP contribution in [0.15, 0.2) is 29.4 Å². The number of benzene rings is 1. The van der Waals surface area contributed by atoms with Gasteiger partial charge in [-0.3, -0.25) is 4.99 Å². The largest absolute Gasteiger partial charge is 0.493 e. The topological polar surface area (TPSA) is 67.8 Å². The number of thiazole rings is 1. The monoisotopic (exact) mass is 348 g/mol. The van der Waals surface area contributed by atoms with Crippen molar-refractivity contribution in [2.24, 2.45) is 4.99 Å². The Morgan fingerprint density at radius 2 is 2.00 bits per heavy atom. The maximum absolute atomic E-state index is 5.44. The van der Waals surface area contributed by atoms with Crippen LogP contribution in [0.3, 0.4) is 0 Å². The second-order valence-corrected chi connectivity index (χ2v) is 6.21. The summed E-state index contributed by atoms with van der Waals surface area (Å²) < 4.78 is 10.8. The highest BCUT2D eigenvalue weighted by Gasteiger charge is 2.10. The fourth-order valence-electron chi connectivity index (χ4n) is 2.25. The Morgan fingerprint density at radius 3 is 2.62 bits per heavy atom. The molecule has 1 heterocycles. The lowest BCUT2D eigenvalue weighted by Gasteiger charge is -2.15. The molecular formula is C17H24N4O2S. The highest BCUT2D eigenvalue weighted by atomic mass is 32.1. The summed E-state index contributed by atoms with van der Waals surface area (Å²) in [6, 6.07) is 5.82. The number of guanidine groups is 1. The second kappa shape index (κ2) is 9.12. The van der Waals surface area contributed by atoms with E-state index in [4.69, 9.17) is 9.47 Å².